The molecule has 0 aliphatic heterocycles. The predicted octanol–water partition coefficient (Wildman–Crippen LogP) is 6.64. The van der Waals surface area contributed by atoms with Crippen molar-refractivity contribution >= 4 is 0 Å². The number of aryl methyl sites for hydroxylation is 1. The quantitative estimate of drug-likeness (QED) is 0.339. The first-order valence-electron chi connectivity index (χ1n) is 9.93. The minimum Gasteiger partial charge on any atom is -0.207 e. The fourth-order valence-electron chi connectivity index (χ4n) is 2.88. The van der Waals surface area contributed by atoms with Gasteiger partial charge in [-0.2, -0.15) is 0 Å². The highest BCUT2D eigenvalue weighted by Crippen LogP contribution is 2.15. The summed E-state index contributed by atoms with van der Waals surface area (Å²) in [7, 11) is 0. The molecule has 3 aromatic rings. The van der Waals surface area contributed by atoms with Gasteiger partial charge in [-0.15, -0.1) is 0 Å². The number of unbranched alkanes of at least 4 members (excludes halogenated alkanes) is 2. The average molecular weight is 402 g/mol. The highest BCUT2D eigenvalue weighted by Gasteiger charge is 2.07. The van der Waals surface area contributed by atoms with Crippen LogP contribution in [0.25, 0.3) is 0 Å². The molecule has 3 rings (SSSR count). The van der Waals surface area contributed by atoms with Crippen LogP contribution in [-0.4, -0.2) is 0 Å². The topological polar surface area (TPSA) is 0 Å². The third-order valence-corrected chi connectivity index (χ3v) is 4.61. The first-order chi connectivity index (χ1) is 14.5. The molecule has 0 aliphatic carbocycles. The van der Waals surface area contributed by atoms with E-state index < -0.39 is 11.6 Å². The molecule has 0 amide bonds. The lowest BCUT2D eigenvalue weighted by molar-refractivity contribution is 0.594. The summed E-state index contributed by atoms with van der Waals surface area (Å²) >= 11 is 0. The fraction of sp³-hybridized carbons (Fsp3) is 0.185. The molecule has 0 spiro atoms. The Labute approximate surface area is 175 Å². The van der Waals surface area contributed by atoms with Crippen molar-refractivity contribution in [3.8, 4) is 23.7 Å². The van der Waals surface area contributed by atoms with E-state index in [1.54, 1.807) is 0 Å². The maximum absolute atomic E-state index is 14.4. The van der Waals surface area contributed by atoms with Gasteiger partial charge in [-0.3, -0.25) is 0 Å². The van der Waals surface area contributed by atoms with E-state index in [1.807, 2.05) is 24.3 Å². The summed E-state index contributed by atoms with van der Waals surface area (Å²) < 4.78 is 41.6. The molecule has 3 heteroatoms. The van der Waals surface area contributed by atoms with Crippen molar-refractivity contribution in [2.24, 2.45) is 0 Å². The van der Waals surface area contributed by atoms with Crippen molar-refractivity contribution in [2.75, 3.05) is 0 Å². The van der Waals surface area contributed by atoms with E-state index >= 15 is 0 Å². The summed E-state index contributed by atoms with van der Waals surface area (Å²) in [5.74, 6) is 9.18. The van der Waals surface area contributed by atoms with Crippen LogP contribution in [0.4, 0.5) is 13.2 Å². The van der Waals surface area contributed by atoms with Crippen LogP contribution >= 0.6 is 0 Å². The van der Waals surface area contributed by atoms with Crippen LogP contribution in [0, 0.1) is 41.1 Å². The van der Waals surface area contributed by atoms with E-state index in [0.29, 0.717) is 5.56 Å². The first kappa shape index (κ1) is 21.3. The zero-order chi connectivity index (χ0) is 21.3. The van der Waals surface area contributed by atoms with Gasteiger partial charge in [0.05, 0.1) is 11.1 Å². The normalized spacial score (nSPS) is 10.0. The number of hydrogen-bond acceptors (Lipinski definition) is 0. The molecule has 0 heterocycles. The Kier molecular flexibility index (Phi) is 7.36. The van der Waals surface area contributed by atoms with Crippen LogP contribution in [0.5, 0.6) is 0 Å². The van der Waals surface area contributed by atoms with Crippen LogP contribution in [0.2, 0.25) is 0 Å². The molecule has 0 nitrogen and oxygen atoms in total. The van der Waals surface area contributed by atoms with E-state index in [0.717, 1.165) is 30.5 Å². The Morgan fingerprint density at radius 3 is 1.63 bits per heavy atom. The minimum atomic E-state index is -0.651. The maximum atomic E-state index is 14.4. The molecule has 0 aliphatic rings. The van der Waals surface area contributed by atoms with Gasteiger partial charge in [0.1, 0.15) is 17.5 Å². The largest absolute Gasteiger partial charge is 0.207 e. The molecular weight excluding hydrogens is 381 g/mol. The Bertz CT molecular complexity index is 1120. The van der Waals surface area contributed by atoms with Crippen molar-refractivity contribution in [2.45, 2.75) is 32.6 Å². The van der Waals surface area contributed by atoms with E-state index in [4.69, 9.17) is 0 Å². The van der Waals surface area contributed by atoms with Gasteiger partial charge in [-0.25, -0.2) is 13.2 Å². The standard InChI is InChI=1S/C27H21F3/c1-2-3-4-5-20-6-8-21(9-7-20)10-14-23-18-27(30)24(19-26(23)29)15-11-22-12-16-25(28)17-13-22/h6-9,12-13,16-19H,2-5H2,1H3. The summed E-state index contributed by atoms with van der Waals surface area (Å²) in [6.07, 6.45) is 4.57. The molecule has 150 valence electrons. The molecule has 0 bridgehead atoms. The van der Waals surface area contributed by atoms with Crippen LogP contribution in [-0.2, 0) is 6.42 Å². The summed E-state index contributed by atoms with van der Waals surface area (Å²) in [5, 5.41) is 0. The molecule has 0 unspecified atom stereocenters. The molecule has 3 aromatic carbocycles. The lowest BCUT2D eigenvalue weighted by Gasteiger charge is -2.01. The van der Waals surface area contributed by atoms with E-state index in [-0.39, 0.29) is 16.9 Å². The monoisotopic (exact) mass is 402 g/mol. The Hall–Kier alpha value is -3.43. The van der Waals surface area contributed by atoms with Gasteiger partial charge >= 0.3 is 0 Å². The predicted molar refractivity (Wildman–Crippen MR) is 114 cm³/mol. The zero-order valence-corrected chi connectivity index (χ0v) is 16.7. The van der Waals surface area contributed by atoms with Crippen LogP contribution in [0.15, 0.2) is 60.7 Å². The number of hydrogen-bond donors (Lipinski definition) is 0. The second-order valence-corrected chi connectivity index (χ2v) is 6.97. The highest BCUT2D eigenvalue weighted by atomic mass is 19.1. The molecule has 0 aromatic heterocycles. The maximum Gasteiger partial charge on any atom is 0.140 e. The van der Waals surface area contributed by atoms with Crippen LogP contribution < -0.4 is 0 Å². The van der Waals surface area contributed by atoms with Gasteiger partial charge in [0.15, 0.2) is 0 Å². The van der Waals surface area contributed by atoms with Gasteiger partial charge < -0.3 is 0 Å². The van der Waals surface area contributed by atoms with Gasteiger partial charge in [0.2, 0.25) is 0 Å². The molecule has 0 atom stereocenters. The Morgan fingerprint density at radius 1 is 0.633 bits per heavy atom. The minimum absolute atomic E-state index is 0.0214. The van der Waals surface area contributed by atoms with Crippen molar-refractivity contribution in [3.63, 3.8) is 0 Å². The van der Waals surface area contributed by atoms with Gasteiger partial charge in [-0.1, -0.05) is 55.6 Å². The molecule has 0 saturated carbocycles. The second-order valence-electron chi connectivity index (χ2n) is 6.97. The smallest absolute Gasteiger partial charge is 0.140 e. The highest BCUT2D eigenvalue weighted by molar-refractivity contribution is 5.49. The van der Waals surface area contributed by atoms with Crippen LogP contribution in [0.1, 0.15) is 54.0 Å². The second kappa shape index (κ2) is 10.4. The zero-order valence-electron chi connectivity index (χ0n) is 16.7. The Morgan fingerprint density at radius 2 is 1.13 bits per heavy atom. The molecule has 0 saturated heterocycles. The Balaban J connectivity index is 1.74. The fourth-order valence-corrected chi connectivity index (χ4v) is 2.88. The van der Waals surface area contributed by atoms with E-state index in [9.17, 15) is 13.2 Å². The molecule has 0 radical (unpaired) electrons. The summed E-state index contributed by atoms with van der Waals surface area (Å²) in [5.41, 5.74) is 2.41. The summed E-state index contributed by atoms with van der Waals surface area (Å²) in [6, 6.07) is 15.4. The lowest BCUT2D eigenvalue weighted by atomic mass is 10.0. The van der Waals surface area contributed by atoms with Crippen molar-refractivity contribution in [3.05, 3.63) is 106 Å². The SMILES string of the molecule is CCCCCc1ccc(C#Cc2cc(F)c(C#Cc3ccc(F)cc3)cc2F)cc1. The summed E-state index contributed by atoms with van der Waals surface area (Å²) in [6.45, 7) is 2.17. The summed E-state index contributed by atoms with van der Waals surface area (Å²) in [4.78, 5) is 0. The van der Waals surface area contributed by atoms with Crippen molar-refractivity contribution in [1.29, 1.82) is 0 Å². The molecular formula is C27H21F3. The lowest BCUT2D eigenvalue weighted by Crippen LogP contribution is -1.92. The number of benzene rings is 3. The number of halogens is 3. The van der Waals surface area contributed by atoms with Gasteiger partial charge in [-0.05, 0) is 66.9 Å². The van der Waals surface area contributed by atoms with Crippen molar-refractivity contribution < 1.29 is 13.2 Å². The third-order valence-electron chi connectivity index (χ3n) is 4.61. The van der Waals surface area contributed by atoms with E-state index in [1.165, 1.54) is 42.7 Å². The first-order valence-corrected chi connectivity index (χ1v) is 9.93. The van der Waals surface area contributed by atoms with Gasteiger partial charge in [0.25, 0.3) is 0 Å². The van der Waals surface area contributed by atoms with Crippen LogP contribution in [0.3, 0.4) is 0 Å². The molecule has 30 heavy (non-hydrogen) atoms. The van der Waals surface area contributed by atoms with Crippen molar-refractivity contribution in [1.82, 2.24) is 0 Å². The van der Waals surface area contributed by atoms with E-state index in [2.05, 4.69) is 30.6 Å². The van der Waals surface area contributed by atoms with Gasteiger partial charge in [0, 0.05) is 11.1 Å². The average Bonchev–Trinajstić information content (AvgIpc) is 2.75. The third kappa shape index (κ3) is 6.03. The molecule has 0 N–H and O–H groups in total. The number of rotatable bonds is 4. The molecule has 0 fully saturated rings.